The molecule has 0 bridgehead atoms. The molecule has 0 atom stereocenters. The van der Waals surface area contributed by atoms with Crippen LogP contribution in [-0.4, -0.2) is 15.5 Å². The maximum atomic E-state index is 12.5. The first-order chi connectivity index (χ1) is 9.95. The largest absolute Gasteiger partial charge is 0.316 e. The van der Waals surface area contributed by atoms with Crippen LogP contribution in [-0.2, 0) is 23.1 Å². The Kier molecular flexibility index (Phi) is 5.56. The Morgan fingerprint density at radius 1 is 1.24 bits per heavy atom. The molecular formula is C14H17BrN2O2S2. The van der Waals surface area contributed by atoms with Gasteiger partial charge in [-0.05, 0) is 58.5 Å². The summed E-state index contributed by atoms with van der Waals surface area (Å²) in [4.78, 5) is 1.30. The van der Waals surface area contributed by atoms with Gasteiger partial charge in [-0.25, -0.2) is 13.1 Å². The molecule has 114 valence electrons. The second-order valence-corrected chi connectivity index (χ2v) is 8.18. The fourth-order valence-electron chi connectivity index (χ4n) is 2.02. The van der Waals surface area contributed by atoms with Crippen LogP contribution in [0.2, 0.25) is 0 Å². The van der Waals surface area contributed by atoms with Crippen LogP contribution in [0.4, 0.5) is 0 Å². The Morgan fingerprint density at radius 2 is 2.00 bits per heavy atom. The van der Waals surface area contributed by atoms with E-state index in [-0.39, 0.29) is 6.54 Å². The minimum absolute atomic E-state index is 0.288. The van der Waals surface area contributed by atoms with E-state index < -0.39 is 10.0 Å². The van der Waals surface area contributed by atoms with Gasteiger partial charge in [-0.15, -0.1) is 11.3 Å². The molecule has 21 heavy (non-hydrogen) atoms. The zero-order valence-corrected chi connectivity index (χ0v) is 15.0. The van der Waals surface area contributed by atoms with Gasteiger partial charge in [0, 0.05) is 22.4 Å². The van der Waals surface area contributed by atoms with Crippen LogP contribution in [0.1, 0.15) is 16.0 Å². The molecule has 0 saturated carbocycles. The van der Waals surface area contributed by atoms with Gasteiger partial charge in [0.2, 0.25) is 10.0 Å². The zero-order chi connectivity index (χ0) is 15.5. The first kappa shape index (κ1) is 16.6. The van der Waals surface area contributed by atoms with Gasteiger partial charge in [0.05, 0.1) is 4.90 Å². The lowest BCUT2D eigenvalue weighted by molar-refractivity contribution is 0.580. The van der Waals surface area contributed by atoms with E-state index in [9.17, 15) is 8.42 Å². The van der Waals surface area contributed by atoms with E-state index in [1.807, 2.05) is 31.5 Å². The molecule has 2 aromatic rings. The molecule has 0 aliphatic heterocycles. The molecule has 0 fully saturated rings. The highest BCUT2D eigenvalue weighted by Gasteiger charge is 2.18. The summed E-state index contributed by atoms with van der Waals surface area (Å²) in [5.41, 5.74) is 1.77. The highest BCUT2D eigenvalue weighted by molar-refractivity contribution is 9.10. The quantitative estimate of drug-likeness (QED) is 0.799. The number of sulfonamides is 1. The predicted molar refractivity (Wildman–Crippen MR) is 90.0 cm³/mol. The van der Waals surface area contributed by atoms with E-state index >= 15 is 0 Å². The summed E-state index contributed by atoms with van der Waals surface area (Å²) in [5, 5.41) is 4.97. The highest BCUT2D eigenvalue weighted by Crippen LogP contribution is 2.24. The molecule has 1 aromatic carbocycles. The third-order valence-electron chi connectivity index (χ3n) is 3.17. The number of halogens is 1. The smallest absolute Gasteiger partial charge is 0.241 e. The molecule has 0 unspecified atom stereocenters. The third-order valence-corrected chi connectivity index (χ3v) is 6.64. The highest BCUT2D eigenvalue weighted by atomic mass is 79.9. The number of thiophene rings is 1. The van der Waals surface area contributed by atoms with E-state index in [0.29, 0.717) is 11.4 Å². The van der Waals surface area contributed by atoms with Crippen molar-refractivity contribution in [1.82, 2.24) is 10.0 Å². The van der Waals surface area contributed by atoms with Gasteiger partial charge in [0.25, 0.3) is 0 Å². The van der Waals surface area contributed by atoms with Crippen molar-refractivity contribution in [2.24, 2.45) is 0 Å². The fourth-order valence-corrected chi connectivity index (χ4v) is 4.83. The molecule has 1 aromatic heterocycles. The van der Waals surface area contributed by atoms with Crippen molar-refractivity contribution in [3.05, 3.63) is 50.1 Å². The first-order valence-electron chi connectivity index (χ1n) is 6.40. The van der Waals surface area contributed by atoms with Gasteiger partial charge in [-0.1, -0.05) is 12.1 Å². The normalized spacial score (nSPS) is 11.8. The molecule has 0 aliphatic carbocycles. The van der Waals surface area contributed by atoms with Crippen molar-refractivity contribution in [2.75, 3.05) is 7.05 Å². The van der Waals surface area contributed by atoms with Crippen LogP contribution in [0.15, 0.2) is 39.0 Å². The van der Waals surface area contributed by atoms with E-state index in [0.717, 1.165) is 20.5 Å². The summed E-state index contributed by atoms with van der Waals surface area (Å²) < 4.78 is 28.5. The summed E-state index contributed by atoms with van der Waals surface area (Å²) >= 11 is 4.92. The Bertz CT molecular complexity index is 726. The molecular weight excluding hydrogens is 372 g/mol. The van der Waals surface area contributed by atoms with Crippen molar-refractivity contribution < 1.29 is 8.42 Å². The molecule has 0 saturated heterocycles. The number of benzene rings is 1. The Balaban J connectivity index is 2.23. The molecule has 2 N–H and O–H groups in total. The fraction of sp³-hybridized carbons (Fsp3) is 0.286. The van der Waals surface area contributed by atoms with E-state index in [1.165, 1.54) is 11.3 Å². The Morgan fingerprint density at radius 3 is 2.62 bits per heavy atom. The van der Waals surface area contributed by atoms with Gasteiger partial charge < -0.3 is 5.32 Å². The number of rotatable bonds is 6. The molecule has 0 amide bonds. The summed E-state index contributed by atoms with van der Waals surface area (Å²) in [7, 11) is -1.68. The van der Waals surface area contributed by atoms with Crippen molar-refractivity contribution >= 4 is 37.3 Å². The van der Waals surface area contributed by atoms with Crippen LogP contribution >= 0.6 is 27.3 Å². The maximum Gasteiger partial charge on any atom is 0.241 e. The molecule has 7 heteroatoms. The molecule has 1 heterocycles. The van der Waals surface area contributed by atoms with Gasteiger partial charge in [-0.3, -0.25) is 0 Å². The average molecular weight is 389 g/mol. The zero-order valence-electron chi connectivity index (χ0n) is 11.8. The molecule has 0 spiro atoms. The predicted octanol–water partition coefficient (Wildman–Crippen LogP) is 3.02. The number of nitrogens with one attached hydrogen (secondary N) is 2. The number of hydrogen-bond acceptors (Lipinski definition) is 4. The Labute approximate surface area is 137 Å². The summed E-state index contributed by atoms with van der Waals surface area (Å²) in [6.45, 7) is 2.77. The van der Waals surface area contributed by atoms with Crippen LogP contribution in [0, 0.1) is 6.92 Å². The van der Waals surface area contributed by atoms with Gasteiger partial charge in [-0.2, -0.15) is 0 Å². The minimum atomic E-state index is -3.52. The van der Waals surface area contributed by atoms with Gasteiger partial charge >= 0.3 is 0 Å². The molecule has 0 aliphatic rings. The first-order valence-corrected chi connectivity index (χ1v) is 9.56. The SMILES string of the molecule is CNCc1cccc(S(=O)(=O)NCc2sccc2Br)c1C. The summed E-state index contributed by atoms with van der Waals surface area (Å²) in [6, 6.07) is 7.25. The lowest BCUT2D eigenvalue weighted by Crippen LogP contribution is -2.24. The van der Waals surface area contributed by atoms with E-state index in [2.05, 4.69) is 26.0 Å². The van der Waals surface area contributed by atoms with Gasteiger partial charge in [0.1, 0.15) is 0 Å². The monoisotopic (exact) mass is 388 g/mol. The second-order valence-electron chi connectivity index (χ2n) is 4.59. The van der Waals surface area contributed by atoms with Crippen molar-refractivity contribution in [2.45, 2.75) is 24.9 Å². The Hall–Kier alpha value is -0.730. The van der Waals surface area contributed by atoms with Crippen molar-refractivity contribution in [3.63, 3.8) is 0 Å². The van der Waals surface area contributed by atoms with Crippen LogP contribution in [0.25, 0.3) is 0 Å². The summed E-state index contributed by atoms with van der Waals surface area (Å²) in [5.74, 6) is 0. The van der Waals surface area contributed by atoms with Crippen LogP contribution < -0.4 is 10.0 Å². The lowest BCUT2D eigenvalue weighted by Gasteiger charge is -2.12. The second kappa shape index (κ2) is 7.02. The van der Waals surface area contributed by atoms with E-state index in [1.54, 1.807) is 12.1 Å². The third kappa shape index (κ3) is 3.92. The van der Waals surface area contributed by atoms with Crippen LogP contribution in [0.5, 0.6) is 0 Å². The molecule has 2 rings (SSSR count). The number of hydrogen-bond donors (Lipinski definition) is 2. The molecule has 0 radical (unpaired) electrons. The van der Waals surface area contributed by atoms with E-state index in [4.69, 9.17) is 0 Å². The van der Waals surface area contributed by atoms with Crippen molar-refractivity contribution in [3.8, 4) is 0 Å². The maximum absolute atomic E-state index is 12.5. The summed E-state index contributed by atoms with van der Waals surface area (Å²) in [6.07, 6.45) is 0. The van der Waals surface area contributed by atoms with Crippen LogP contribution in [0.3, 0.4) is 0 Å². The lowest BCUT2D eigenvalue weighted by atomic mass is 10.1. The minimum Gasteiger partial charge on any atom is -0.316 e. The molecule has 4 nitrogen and oxygen atoms in total. The van der Waals surface area contributed by atoms with Crippen molar-refractivity contribution in [1.29, 1.82) is 0 Å². The topological polar surface area (TPSA) is 58.2 Å². The standard InChI is InChI=1S/C14H17BrN2O2S2/c1-10-11(8-16-2)4-3-5-14(10)21(18,19)17-9-13-12(15)6-7-20-13/h3-7,16-17H,8-9H2,1-2H3. The van der Waals surface area contributed by atoms with Gasteiger partial charge in [0.15, 0.2) is 0 Å². The average Bonchev–Trinajstić information content (AvgIpc) is 2.84.